The Morgan fingerprint density at radius 1 is 1.05 bits per heavy atom. The molecule has 208 valence electrons. The number of anilines is 1. The van der Waals surface area contributed by atoms with E-state index in [1.807, 2.05) is 57.2 Å². The van der Waals surface area contributed by atoms with Crippen molar-refractivity contribution in [1.29, 1.82) is 0 Å². The van der Waals surface area contributed by atoms with Crippen LogP contribution in [0.1, 0.15) is 39.2 Å². The molecule has 5 heteroatoms. The summed E-state index contributed by atoms with van der Waals surface area (Å²) in [4.78, 5) is 4.46. The van der Waals surface area contributed by atoms with Crippen LogP contribution in [0.5, 0.6) is 0 Å². The molecule has 0 aliphatic heterocycles. The number of hydrogen-bond acceptors (Lipinski definition) is 4. The van der Waals surface area contributed by atoms with E-state index in [9.17, 15) is 4.39 Å². The summed E-state index contributed by atoms with van der Waals surface area (Å²) >= 11 is 0. The Labute approximate surface area is 239 Å². The third-order valence-corrected chi connectivity index (χ3v) is 6.28. The van der Waals surface area contributed by atoms with Crippen molar-refractivity contribution in [2.75, 3.05) is 5.32 Å². The van der Waals surface area contributed by atoms with Crippen molar-refractivity contribution in [3.05, 3.63) is 156 Å². The van der Waals surface area contributed by atoms with Crippen LogP contribution in [0.3, 0.4) is 0 Å². The van der Waals surface area contributed by atoms with Crippen molar-refractivity contribution in [3.8, 4) is 11.3 Å². The van der Waals surface area contributed by atoms with Crippen LogP contribution in [0.25, 0.3) is 11.3 Å². The zero-order chi connectivity index (χ0) is 29.8. The van der Waals surface area contributed by atoms with E-state index in [-0.39, 0.29) is 5.82 Å². The summed E-state index contributed by atoms with van der Waals surface area (Å²) in [5, 5.41) is 6.67. The zero-order valence-corrected chi connectivity index (χ0v) is 24.2. The molecule has 4 nitrogen and oxygen atoms in total. The molecule has 0 bridgehead atoms. The molecule has 2 aromatic rings. The molecule has 4 N–H and O–H groups in total. The Hall–Kier alpha value is -4.64. The van der Waals surface area contributed by atoms with Gasteiger partial charge in [-0.3, -0.25) is 4.98 Å². The number of allylic oxidation sites excluding steroid dienone is 10. The number of benzene rings is 1. The highest BCUT2D eigenvalue weighted by Gasteiger charge is 2.14. The van der Waals surface area contributed by atoms with Gasteiger partial charge in [0.2, 0.25) is 0 Å². The van der Waals surface area contributed by atoms with Crippen molar-refractivity contribution in [1.82, 2.24) is 10.3 Å². The Kier molecular flexibility index (Phi) is 11.9. The molecule has 0 spiro atoms. The lowest BCUT2D eigenvalue weighted by atomic mass is 9.95. The van der Waals surface area contributed by atoms with Crippen molar-refractivity contribution in [3.63, 3.8) is 0 Å². The average molecular weight is 537 g/mol. The van der Waals surface area contributed by atoms with E-state index in [1.165, 1.54) is 12.1 Å². The van der Waals surface area contributed by atoms with Crippen LogP contribution in [-0.2, 0) is 0 Å². The molecule has 0 radical (unpaired) electrons. The molecule has 0 unspecified atom stereocenters. The highest BCUT2D eigenvalue weighted by atomic mass is 19.1. The van der Waals surface area contributed by atoms with Crippen LogP contribution in [0.2, 0.25) is 0 Å². The fraction of sp³-hybridized carbons (Fsp3) is 0.171. The number of nitrogens with two attached hydrogens (primary N) is 1. The highest BCUT2D eigenvalue weighted by molar-refractivity contribution is 5.72. The minimum Gasteiger partial charge on any atom is -0.399 e. The lowest BCUT2D eigenvalue weighted by Crippen LogP contribution is -2.11. The van der Waals surface area contributed by atoms with E-state index in [2.05, 4.69) is 55.4 Å². The fourth-order valence-corrected chi connectivity index (χ4v) is 4.08. The third kappa shape index (κ3) is 8.43. The first-order chi connectivity index (χ1) is 19.1. The maximum atomic E-state index is 13.8. The van der Waals surface area contributed by atoms with Gasteiger partial charge in [-0.2, -0.15) is 0 Å². The van der Waals surface area contributed by atoms with Crippen LogP contribution < -0.4 is 16.4 Å². The molecule has 0 saturated carbocycles. The molecule has 0 fully saturated rings. The van der Waals surface area contributed by atoms with E-state index in [1.54, 1.807) is 18.3 Å². The third-order valence-electron chi connectivity index (χ3n) is 6.28. The van der Waals surface area contributed by atoms with Gasteiger partial charge < -0.3 is 16.4 Å². The number of hydrogen-bond donors (Lipinski definition) is 3. The Morgan fingerprint density at radius 2 is 1.73 bits per heavy atom. The van der Waals surface area contributed by atoms with Gasteiger partial charge >= 0.3 is 0 Å². The first kappa shape index (κ1) is 31.6. The van der Waals surface area contributed by atoms with E-state index in [4.69, 9.17) is 5.73 Å². The normalized spacial score (nSPS) is 12.5. The van der Waals surface area contributed by atoms with E-state index in [0.717, 1.165) is 46.6 Å². The topological polar surface area (TPSA) is 63.0 Å². The average Bonchev–Trinajstić information content (AvgIpc) is 2.92. The second-order valence-electron chi connectivity index (χ2n) is 9.28. The van der Waals surface area contributed by atoms with Gasteiger partial charge in [-0.15, -0.1) is 0 Å². The predicted octanol–water partition coefficient (Wildman–Crippen LogP) is 8.94. The molecule has 0 amide bonds. The first-order valence-electron chi connectivity index (χ1n) is 13.2. The Morgan fingerprint density at radius 3 is 2.30 bits per heavy atom. The van der Waals surface area contributed by atoms with Crippen LogP contribution in [0.15, 0.2) is 145 Å². The minimum absolute atomic E-state index is 0.317. The minimum atomic E-state index is -0.317. The molecule has 0 saturated heterocycles. The van der Waals surface area contributed by atoms with Crippen LogP contribution >= 0.6 is 0 Å². The van der Waals surface area contributed by atoms with Gasteiger partial charge in [0.05, 0.1) is 5.69 Å². The molecule has 0 aliphatic carbocycles. The number of nitrogens with one attached hydrogen (secondary N) is 2. The summed E-state index contributed by atoms with van der Waals surface area (Å²) in [7, 11) is 0. The SMILES string of the molecule is C=C\C(=C/C(=C\C)C(/C=C(\C(=C)N)C(=C)C(=C)Nc1ccnc(-c2cccc(F)c2)c1C)=C/C)NC(=C)CCC. The second-order valence-corrected chi connectivity index (χ2v) is 9.28. The van der Waals surface area contributed by atoms with E-state index >= 15 is 0 Å². The van der Waals surface area contributed by atoms with Crippen molar-refractivity contribution >= 4 is 5.69 Å². The second kappa shape index (κ2) is 15.1. The van der Waals surface area contributed by atoms with Gasteiger partial charge in [-0.1, -0.05) is 70.5 Å². The molecular formula is C35H41FN4. The van der Waals surface area contributed by atoms with E-state index < -0.39 is 0 Å². The number of pyridine rings is 1. The molecule has 1 aromatic carbocycles. The summed E-state index contributed by atoms with van der Waals surface area (Å²) in [6.45, 7) is 28.5. The number of rotatable bonds is 14. The summed E-state index contributed by atoms with van der Waals surface area (Å²) in [5.41, 5.74) is 15.1. The maximum Gasteiger partial charge on any atom is 0.123 e. The first-order valence-corrected chi connectivity index (χ1v) is 13.2. The molecule has 0 atom stereocenters. The molecular weight excluding hydrogens is 495 g/mol. The lowest BCUT2D eigenvalue weighted by molar-refractivity contribution is 0.628. The fourth-order valence-electron chi connectivity index (χ4n) is 4.08. The molecule has 40 heavy (non-hydrogen) atoms. The van der Waals surface area contributed by atoms with Crippen LogP contribution in [0, 0.1) is 12.7 Å². The quantitative estimate of drug-likeness (QED) is 0.211. The Balaban J connectivity index is 2.38. The summed E-state index contributed by atoms with van der Waals surface area (Å²) in [5.74, 6) is -0.317. The van der Waals surface area contributed by atoms with Crippen LogP contribution in [0.4, 0.5) is 10.1 Å². The van der Waals surface area contributed by atoms with Gasteiger partial charge in [0, 0.05) is 45.8 Å². The van der Waals surface area contributed by atoms with E-state index in [0.29, 0.717) is 33.8 Å². The largest absolute Gasteiger partial charge is 0.399 e. The molecule has 2 rings (SSSR count). The number of nitrogens with zero attached hydrogens (tertiary/aromatic N) is 1. The van der Waals surface area contributed by atoms with Crippen LogP contribution in [-0.4, -0.2) is 4.98 Å². The van der Waals surface area contributed by atoms with Gasteiger partial charge in [0.1, 0.15) is 5.82 Å². The highest BCUT2D eigenvalue weighted by Crippen LogP contribution is 2.30. The standard InChI is InChI=1S/C35H41FN4/c1-10-15-23(5)39-32(13-4)21-28(11-2)29(12-3)22-33(26(8)37)24(6)27(9)40-34-18-19-38-35(25(34)7)30-16-14-17-31(36)20-30/h11-14,16-22,39H,4-6,8-10,15,37H2,1-3,7H3,(H,38,40)/b28-11+,29-12+,32-21+,33-22-. The lowest BCUT2D eigenvalue weighted by Gasteiger charge is -2.19. The summed E-state index contributed by atoms with van der Waals surface area (Å²) in [6, 6.07) is 8.21. The van der Waals surface area contributed by atoms with Gasteiger partial charge in [0.25, 0.3) is 0 Å². The predicted molar refractivity (Wildman–Crippen MR) is 171 cm³/mol. The molecule has 0 aliphatic rings. The van der Waals surface area contributed by atoms with Gasteiger partial charge in [-0.05, 0) is 85.9 Å². The van der Waals surface area contributed by atoms with Gasteiger partial charge in [-0.25, -0.2) is 4.39 Å². The summed E-state index contributed by atoms with van der Waals surface area (Å²) < 4.78 is 13.8. The monoisotopic (exact) mass is 536 g/mol. The van der Waals surface area contributed by atoms with Crippen molar-refractivity contribution < 1.29 is 4.39 Å². The smallest absolute Gasteiger partial charge is 0.123 e. The Bertz CT molecular complexity index is 1430. The number of aromatic nitrogens is 1. The van der Waals surface area contributed by atoms with Gasteiger partial charge in [0.15, 0.2) is 0 Å². The number of halogens is 1. The summed E-state index contributed by atoms with van der Waals surface area (Å²) in [6.07, 6.45) is 13.3. The maximum absolute atomic E-state index is 13.8. The molecule has 1 aromatic heterocycles. The zero-order valence-electron chi connectivity index (χ0n) is 24.2. The van der Waals surface area contributed by atoms with Crippen molar-refractivity contribution in [2.24, 2.45) is 5.73 Å². The molecule has 1 heterocycles. The van der Waals surface area contributed by atoms with Crippen molar-refractivity contribution in [2.45, 2.75) is 40.5 Å².